The Labute approximate surface area is 174 Å². The molecule has 1 aliphatic heterocycles. The van der Waals surface area contributed by atoms with Crippen LogP contribution in [0.25, 0.3) is 6.08 Å². The van der Waals surface area contributed by atoms with Crippen molar-refractivity contribution >= 4 is 23.5 Å². The second-order valence-corrected chi connectivity index (χ2v) is 6.92. The Kier molecular flexibility index (Phi) is 5.54. The number of benzene rings is 3. The van der Waals surface area contributed by atoms with Gasteiger partial charge in [0.1, 0.15) is 23.9 Å². The van der Waals surface area contributed by atoms with E-state index in [1.54, 1.807) is 24.3 Å². The molecule has 0 fully saturated rings. The zero-order valence-corrected chi connectivity index (χ0v) is 16.6. The number of carbonyl (C=O) groups is 1. The Hall–Kier alpha value is -3.24. The van der Waals surface area contributed by atoms with Gasteiger partial charge in [-0.1, -0.05) is 41.9 Å². The van der Waals surface area contributed by atoms with Gasteiger partial charge in [0.2, 0.25) is 5.78 Å². The van der Waals surface area contributed by atoms with E-state index in [0.717, 1.165) is 11.1 Å². The monoisotopic (exact) mass is 406 g/mol. The van der Waals surface area contributed by atoms with E-state index in [-0.39, 0.29) is 11.5 Å². The fourth-order valence-electron chi connectivity index (χ4n) is 3.08. The lowest BCUT2D eigenvalue weighted by molar-refractivity contribution is 0.101. The summed E-state index contributed by atoms with van der Waals surface area (Å²) in [5.74, 6) is 1.92. The Morgan fingerprint density at radius 2 is 1.86 bits per heavy atom. The molecule has 0 saturated heterocycles. The van der Waals surface area contributed by atoms with Gasteiger partial charge in [-0.2, -0.15) is 0 Å². The molecule has 0 N–H and O–H groups in total. The Bertz CT molecular complexity index is 1090. The summed E-state index contributed by atoms with van der Waals surface area (Å²) in [7, 11) is 0. The summed E-state index contributed by atoms with van der Waals surface area (Å²) in [4.78, 5) is 12.7. The summed E-state index contributed by atoms with van der Waals surface area (Å²) in [6.07, 6.45) is 1.71. The largest absolute Gasteiger partial charge is 0.493 e. The number of ether oxygens (including phenoxy) is 3. The summed E-state index contributed by atoms with van der Waals surface area (Å²) in [6, 6.07) is 20.2. The first-order valence-corrected chi connectivity index (χ1v) is 9.69. The molecule has 3 aromatic carbocycles. The fraction of sp³-hybridized carbons (Fsp3) is 0.125. The highest BCUT2D eigenvalue weighted by atomic mass is 35.5. The van der Waals surface area contributed by atoms with Crippen molar-refractivity contribution in [3.8, 4) is 17.2 Å². The molecule has 1 heterocycles. The number of fused-ring (bicyclic) bond motifs is 1. The van der Waals surface area contributed by atoms with Crippen molar-refractivity contribution in [1.29, 1.82) is 0 Å². The predicted octanol–water partition coefficient (Wildman–Crippen LogP) is 5.93. The van der Waals surface area contributed by atoms with Crippen LogP contribution in [-0.2, 0) is 6.61 Å². The normalized spacial score (nSPS) is 13.9. The number of Topliss-reactive ketones (excluding diaryl/α,β-unsaturated/α-hetero) is 1. The van der Waals surface area contributed by atoms with Gasteiger partial charge in [0.25, 0.3) is 0 Å². The highest BCUT2D eigenvalue weighted by Crippen LogP contribution is 2.36. The number of hydrogen-bond donors (Lipinski definition) is 0. The topological polar surface area (TPSA) is 44.8 Å². The van der Waals surface area contributed by atoms with Crippen LogP contribution in [0.3, 0.4) is 0 Å². The van der Waals surface area contributed by atoms with Crippen LogP contribution in [0.1, 0.15) is 28.4 Å². The van der Waals surface area contributed by atoms with Crippen LogP contribution in [0.15, 0.2) is 72.5 Å². The molecule has 0 bridgehead atoms. The quantitative estimate of drug-likeness (QED) is 0.475. The lowest BCUT2D eigenvalue weighted by atomic mass is 10.1. The molecule has 1 aliphatic rings. The smallest absolute Gasteiger partial charge is 0.231 e. The van der Waals surface area contributed by atoms with E-state index in [0.29, 0.717) is 41.0 Å². The van der Waals surface area contributed by atoms with E-state index in [2.05, 4.69) is 0 Å². The van der Waals surface area contributed by atoms with Crippen LogP contribution in [0, 0.1) is 0 Å². The van der Waals surface area contributed by atoms with Crippen LogP contribution in [0.2, 0.25) is 5.02 Å². The lowest BCUT2D eigenvalue weighted by Gasteiger charge is -2.08. The first-order chi connectivity index (χ1) is 14.1. The number of carbonyl (C=O) groups excluding carboxylic acids is 1. The average molecular weight is 407 g/mol. The molecule has 0 aromatic heterocycles. The van der Waals surface area contributed by atoms with Gasteiger partial charge in [-0.15, -0.1) is 0 Å². The molecule has 5 heteroatoms. The van der Waals surface area contributed by atoms with E-state index in [1.165, 1.54) is 0 Å². The van der Waals surface area contributed by atoms with Gasteiger partial charge < -0.3 is 14.2 Å². The number of ketones is 1. The van der Waals surface area contributed by atoms with Gasteiger partial charge in [0.05, 0.1) is 12.2 Å². The summed E-state index contributed by atoms with van der Waals surface area (Å²) < 4.78 is 17.3. The van der Waals surface area contributed by atoms with E-state index in [1.807, 2.05) is 55.5 Å². The summed E-state index contributed by atoms with van der Waals surface area (Å²) in [5.41, 5.74) is 2.27. The van der Waals surface area contributed by atoms with Crippen molar-refractivity contribution < 1.29 is 19.0 Å². The molecule has 0 aliphatic carbocycles. The highest BCUT2D eigenvalue weighted by molar-refractivity contribution is 6.30. The van der Waals surface area contributed by atoms with Crippen molar-refractivity contribution in [2.45, 2.75) is 13.5 Å². The molecule has 0 atom stereocenters. The summed E-state index contributed by atoms with van der Waals surface area (Å²) >= 11 is 6.00. The number of allylic oxidation sites excluding steroid dienone is 1. The maximum atomic E-state index is 12.7. The fourth-order valence-corrected chi connectivity index (χ4v) is 3.29. The molecule has 4 nitrogen and oxygen atoms in total. The molecule has 0 saturated carbocycles. The summed E-state index contributed by atoms with van der Waals surface area (Å²) in [5, 5.41) is 0.663. The maximum absolute atomic E-state index is 12.7. The molecule has 0 radical (unpaired) electrons. The molecule has 0 spiro atoms. The lowest BCUT2D eigenvalue weighted by Crippen LogP contribution is -1.99. The molecule has 0 amide bonds. The first-order valence-electron chi connectivity index (χ1n) is 9.31. The standard InChI is InChI=1S/C24H19ClO4/c1-2-27-21-9-4-3-7-17(21)13-23-24(26)20-11-10-19(14-22(20)29-23)28-15-16-6-5-8-18(25)12-16/h3-14H,2,15H2,1H3/b23-13-. The zero-order valence-electron chi connectivity index (χ0n) is 15.9. The third-order valence-electron chi connectivity index (χ3n) is 4.44. The van der Waals surface area contributed by atoms with Gasteiger partial charge >= 0.3 is 0 Å². The van der Waals surface area contributed by atoms with Crippen molar-refractivity contribution in [2.24, 2.45) is 0 Å². The van der Waals surface area contributed by atoms with Crippen LogP contribution in [0.4, 0.5) is 0 Å². The van der Waals surface area contributed by atoms with Gasteiger partial charge in [-0.25, -0.2) is 0 Å². The van der Waals surface area contributed by atoms with E-state index < -0.39 is 0 Å². The van der Waals surface area contributed by atoms with E-state index in [4.69, 9.17) is 25.8 Å². The Balaban J connectivity index is 1.53. The molecule has 29 heavy (non-hydrogen) atoms. The first kappa shape index (κ1) is 19.1. The van der Waals surface area contributed by atoms with Gasteiger partial charge in [0.15, 0.2) is 5.76 Å². The SMILES string of the molecule is CCOc1ccccc1/C=C1\Oc2cc(OCc3cccc(Cl)c3)ccc2C1=O. The Morgan fingerprint density at radius 3 is 2.69 bits per heavy atom. The van der Waals surface area contributed by atoms with Gasteiger partial charge in [0, 0.05) is 16.7 Å². The van der Waals surface area contributed by atoms with E-state index in [9.17, 15) is 4.79 Å². The van der Waals surface area contributed by atoms with Crippen LogP contribution < -0.4 is 14.2 Å². The van der Waals surface area contributed by atoms with Gasteiger partial charge in [-0.3, -0.25) is 4.79 Å². The molecular formula is C24H19ClO4. The minimum absolute atomic E-state index is 0.160. The molecular weight excluding hydrogens is 388 g/mol. The van der Waals surface area contributed by atoms with Crippen LogP contribution in [-0.4, -0.2) is 12.4 Å². The second kappa shape index (κ2) is 8.41. The number of hydrogen-bond acceptors (Lipinski definition) is 4. The molecule has 4 rings (SSSR count). The third kappa shape index (κ3) is 4.28. The van der Waals surface area contributed by atoms with E-state index >= 15 is 0 Å². The number of para-hydroxylation sites is 1. The predicted molar refractivity (Wildman–Crippen MR) is 113 cm³/mol. The van der Waals surface area contributed by atoms with Crippen LogP contribution >= 0.6 is 11.6 Å². The van der Waals surface area contributed by atoms with Crippen LogP contribution in [0.5, 0.6) is 17.2 Å². The zero-order chi connectivity index (χ0) is 20.2. The second-order valence-electron chi connectivity index (χ2n) is 6.49. The highest BCUT2D eigenvalue weighted by Gasteiger charge is 2.28. The van der Waals surface area contributed by atoms with Gasteiger partial charge in [-0.05, 0) is 48.9 Å². The van der Waals surface area contributed by atoms with Crippen molar-refractivity contribution in [3.63, 3.8) is 0 Å². The number of halogens is 1. The minimum Gasteiger partial charge on any atom is -0.493 e. The van der Waals surface area contributed by atoms with Crippen molar-refractivity contribution in [1.82, 2.24) is 0 Å². The maximum Gasteiger partial charge on any atom is 0.231 e. The molecule has 146 valence electrons. The summed E-state index contributed by atoms with van der Waals surface area (Å²) in [6.45, 7) is 2.84. The Morgan fingerprint density at radius 1 is 1.00 bits per heavy atom. The van der Waals surface area contributed by atoms with Crippen molar-refractivity contribution in [2.75, 3.05) is 6.61 Å². The number of rotatable bonds is 6. The third-order valence-corrected chi connectivity index (χ3v) is 4.68. The molecule has 0 unspecified atom stereocenters. The minimum atomic E-state index is -0.160. The van der Waals surface area contributed by atoms with Crippen molar-refractivity contribution in [3.05, 3.63) is 94.2 Å². The average Bonchev–Trinajstić information content (AvgIpc) is 3.03. The molecule has 3 aromatic rings.